The fraction of sp³-hybridized carbons (Fsp3) is 0.250. The zero-order chi connectivity index (χ0) is 18.7. The van der Waals surface area contributed by atoms with Crippen molar-refractivity contribution in [3.05, 3.63) is 65.7 Å². The number of likely N-dealkylation sites (N-methyl/N-ethyl adjacent to an activating group) is 1. The van der Waals surface area contributed by atoms with Crippen molar-refractivity contribution in [1.82, 2.24) is 0 Å². The van der Waals surface area contributed by atoms with Gasteiger partial charge in [0.05, 0.1) is 31.8 Å². The lowest BCUT2D eigenvalue weighted by Gasteiger charge is -2.20. The Morgan fingerprint density at radius 3 is 2.38 bits per heavy atom. The van der Waals surface area contributed by atoms with Gasteiger partial charge in [0.15, 0.2) is 6.04 Å². The Morgan fingerprint density at radius 2 is 1.77 bits per heavy atom. The van der Waals surface area contributed by atoms with E-state index in [-0.39, 0.29) is 18.2 Å². The molecule has 2 aromatic rings. The maximum atomic E-state index is 12.8. The second-order valence-electron chi connectivity index (χ2n) is 6.37. The summed E-state index contributed by atoms with van der Waals surface area (Å²) in [7, 11) is 3.23. The Labute approximate surface area is 152 Å². The number of carbonyl (C=O) groups excluding carboxylic acids is 3. The van der Waals surface area contributed by atoms with Gasteiger partial charge in [0.25, 0.3) is 5.91 Å². The molecule has 1 saturated heterocycles. The van der Waals surface area contributed by atoms with Gasteiger partial charge in [-0.25, -0.2) is 9.69 Å². The topological polar surface area (TPSA) is 68.1 Å². The number of quaternary nitrogens is 1. The number of carbonyl (C=O) groups is 3. The van der Waals surface area contributed by atoms with Gasteiger partial charge in [-0.1, -0.05) is 30.3 Å². The van der Waals surface area contributed by atoms with Crippen LogP contribution in [0, 0.1) is 0 Å². The lowest BCUT2D eigenvalue weighted by atomic mass is 10.1. The minimum atomic E-state index is -0.458. The van der Waals surface area contributed by atoms with Crippen molar-refractivity contribution in [2.75, 3.05) is 19.1 Å². The first kappa shape index (κ1) is 17.8. The fourth-order valence-corrected chi connectivity index (χ4v) is 3.19. The highest BCUT2D eigenvalue weighted by molar-refractivity contribution is 6.21. The molecule has 1 N–H and O–H groups in total. The monoisotopic (exact) mass is 353 g/mol. The van der Waals surface area contributed by atoms with E-state index in [1.54, 1.807) is 24.3 Å². The summed E-state index contributed by atoms with van der Waals surface area (Å²) in [4.78, 5) is 38.9. The maximum absolute atomic E-state index is 12.8. The summed E-state index contributed by atoms with van der Waals surface area (Å²) in [6.45, 7) is 0.666. The summed E-state index contributed by atoms with van der Waals surface area (Å²) in [6, 6.07) is 15.8. The number of imide groups is 1. The SMILES string of the molecule is COC(=O)c1ccc(N2C(=O)CC([NH+](C)Cc3ccccc3)C2=O)cc1. The van der Waals surface area contributed by atoms with Crippen LogP contribution < -0.4 is 9.80 Å². The number of ether oxygens (including phenoxy) is 1. The third kappa shape index (κ3) is 3.50. The van der Waals surface area contributed by atoms with Crippen LogP contribution in [0.2, 0.25) is 0 Å². The van der Waals surface area contributed by atoms with Crippen molar-refractivity contribution in [1.29, 1.82) is 0 Å². The van der Waals surface area contributed by atoms with E-state index in [0.717, 1.165) is 10.5 Å². The Hall–Kier alpha value is -2.99. The first-order chi connectivity index (χ1) is 12.5. The molecular formula is C20H21N2O4+. The quantitative estimate of drug-likeness (QED) is 0.638. The van der Waals surface area contributed by atoms with E-state index < -0.39 is 12.0 Å². The van der Waals surface area contributed by atoms with Gasteiger partial charge in [0.2, 0.25) is 5.91 Å². The molecule has 1 heterocycles. The smallest absolute Gasteiger partial charge is 0.337 e. The van der Waals surface area contributed by atoms with Crippen LogP contribution in [0.1, 0.15) is 22.3 Å². The van der Waals surface area contributed by atoms with Crippen LogP contribution in [0.4, 0.5) is 5.69 Å². The van der Waals surface area contributed by atoms with E-state index in [2.05, 4.69) is 4.74 Å². The maximum Gasteiger partial charge on any atom is 0.337 e. The Balaban J connectivity index is 1.75. The summed E-state index contributed by atoms with van der Waals surface area (Å²) in [5, 5.41) is 0. The second-order valence-corrected chi connectivity index (χ2v) is 6.37. The molecule has 2 atom stereocenters. The van der Waals surface area contributed by atoms with Crippen molar-refractivity contribution in [3.63, 3.8) is 0 Å². The molecule has 134 valence electrons. The number of nitrogens with one attached hydrogen (secondary N) is 1. The predicted octanol–water partition coefficient (Wildman–Crippen LogP) is 0.820. The van der Waals surface area contributed by atoms with Gasteiger partial charge in [-0.2, -0.15) is 0 Å². The minimum Gasteiger partial charge on any atom is -0.465 e. The van der Waals surface area contributed by atoms with Gasteiger partial charge in [-0.3, -0.25) is 9.59 Å². The molecule has 0 spiro atoms. The molecule has 0 radical (unpaired) electrons. The van der Waals surface area contributed by atoms with Crippen molar-refractivity contribution in [2.24, 2.45) is 0 Å². The number of anilines is 1. The standard InChI is InChI=1S/C20H20N2O4/c1-21(13-14-6-4-3-5-7-14)17-12-18(23)22(19(17)24)16-10-8-15(9-11-16)20(25)26-2/h3-11,17H,12-13H2,1-2H3/p+1. The highest BCUT2D eigenvalue weighted by Crippen LogP contribution is 2.22. The van der Waals surface area contributed by atoms with Crippen LogP contribution in [0.3, 0.4) is 0 Å². The number of nitrogens with zero attached hydrogens (tertiary/aromatic N) is 1. The average molecular weight is 353 g/mol. The van der Waals surface area contributed by atoms with Crippen LogP contribution in [-0.2, 0) is 20.9 Å². The molecule has 26 heavy (non-hydrogen) atoms. The number of hydrogen-bond acceptors (Lipinski definition) is 4. The molecule has 3 rings (SSSR count). The molecule has 1 aliphatic rings. The number of hydrogen-bond donors (Lipinski definition) is 1. The zero-order valence-corrected chi connectivity index (χ0v) is 14.8. The van der Waals surface area contributed by atoms with Crippen molar-refractivity contribution in [3.8, 4) is 0 Å². The van der Waals surface area contributed by atoms with Crippen LogP contribution in [0.25, 0.3) is 0 Å². The molecule has 0 saturated carbocycles. The van der Waals surface area contributed by atoms with Crippen molar-refractivity contribution >= 4 is 23.5 Å². The third-order valence-electron chi connectivity index (χ3n) is 4.61. The van der Waals surface area contributed by atoms with Crippen LogP contribution in [0.15, 0.2) is 54.6 Å². The molecule has 6 nitrogen and oxygen atoms in total. The minimum absolute atomic E-state index is 0.177. The molecular weight excluding hydrogens is 332 g/mol. The molecule has 6 heteroatoms. The van der Waals surface area contributed by atoms with Gasteiger partial charge in [-0.05, 0) is 24.3 Å². The Bertz CT molecular complexity index is 817. The summed E-state index contributed by atoms with van der Waals surface area (Å²) in [6.07, 6.45) is 0.177. The van der Waals surface area contributed by atoms with Gasteiger partial charge in [0, 0.05) is 5.56 Å². The first-order valence-electron chi connectivity index (χ1n) is 8.42. The number of esters is 1. The normalized spacial score (nSPS) is 18.1. The van der Waals surface area contributed by atoms with Crippen LogP contribution in [0.5, 0.6) is 0 Å². The van der Waals surface area contributed by atoms with E-state index >= 15 is 0 Å². The molecule has 0 aromatic heterocycles. The number of benzene rings is 2. The Morgan fingerprint density at radius 1 is 1.12 bits per heavy atom. The summed E-state index contributed by atoms with van der Waals surface area (Å²) in [5.41, 5.74) is 1.97. The zero-order valence-electron chi connectivity index (χ0n) is 14.8. The molecule has 2 aromatic carbocycles. The summed E-state index contributed by atoms with van der Waals surface area (Å²) >= 11 is 0. The van der Waals surface area contributed by atoms with Gasteiger partial charge < -0.3 is 9.64 Å². The summed E-state index contributed by atoms with van der Waals surface area (Å²) < 4.78 is 4.66. The highest BCUT2D eigenvalue weighted by atomic mass is 16.5. The van der Waals surface area contributed by atoms with Gasteiger partial charge in [-0.15, -0.1) is 0 Å². The Kier molecular flexibility index (Phi) is 5.14. The molecule has 1 aliphatic heterocycles. The largest absolute Gasteiger partial charge is 0.465 e. The van der Waals surface area contributed by atoms with E-state index in [9.17, 15) is 14.4 Å². The van der Waals surface area contributed by atoms with Crippen LogP contribution >= 0.6 is 0 Å². The van der Waals surface area contributed by atoms with E-state index in [0.29, 0.717) is 17.8 Å². The van der Waals surface area contributed by atoms with Crippen LogP contribution in [-0.4, -0.2) is 38.0 Å². The number of methoxy groups -OCH3 is 1. The number of rotatable bonds is 5. The van der Waals surface area contributed by atoms with E-state index in [1.807, 2.05) is 37.4 Å². The van der Waals surface area contributed by atoms with E-state index in [1.165, 1.54) is 12.0 Å². The van der Waals surface area contributed by atoms with Gasteiger partial charge >= 0.3 is 5.97 Å². The molecule has 2 unspecified atom stereocenters. The van der Waals surface area contributed by atoms with Crippen molar-refractivity contribution < 1.29 is 24.0 Å². The highest BCUT2D eigenvalue weighted by Gasteiger charge is 2.44. The molecule has 1 fully saturated rings. The first-order valence-corrected chi connectivity index (χ1v) is 8.42. The summed E-state index contributed by atoms with van der Waals surface area (Å²) in [5.74, 6) is -0.895. The second kappa shape index (κ2) is 7.49. The number of amides is 2. The van der Waals surface area contributed by atoms with Gasteiger partial charge in [0.1, 0.15) is 6.54 Å². The lowest BCUT2D eigenvalue weighted by molar-refractivity contribution is -0.908. The third-order valence-corrected chi connectivity index (χ3v) is 4.61. The molecule has 0 bridgehead atoms. The molecule has 2 amide bonds. The lowest BCUT2D eigenvalue weighted by Crippen LogP contribution is -3.12. The average Bonchev–Trinajstić information content (AvgIpc) is 2.96. The van der Waals surface area contributed by atoms with Crippen molar-refractivity contribution in [2.45, 2.75) is 19.0 Å². The predicted molar refractivity (Wildman–Crippen MR) is 95.7 cm³/mol. The fourth-order valence-electron chi connectivity index (χ4n) is 3.19. The van der Waals surface area contributed by atoms with E-state index in [4.69, 9.17) is 0 Å². The molecule has 0 aliphatic carbocycles.